The maximum Gasteiger partial charge on any atom is 0.338 e. The van der Waals surface area contributed by atoms with Crippen molar-refractivity contribution in [2.75, 3.05) is 39.5 Å². The first-order valence-corrected chi connectivity index (χ1v) is 15.0. The largest absolute Gasteiger partial charge is 0.462 e. The molecule has 0 radical (unpaired) electrons. The highest BCUT2D eigenvalue weighted by Crippen LogP contribution is 2.39. The van der Waals surface area contributed by atoms with Crippen LogP contribution in [0.25, 0.3) is 5.69 Å². The van der Waals surface area contributed by atoms with Crippen LogP contribution in [0.2, 0.25) is 0 Å². The number of nitrogens with one attached hydrogen (secondary N) is 1. The van der Waals surface area contributed by atoms with Crippen LogP contribution in [-0.4, -0.2) is 73.8 Å². The van der Waals surface area contributed by atoms with E-state index in [4.69, 9.17) is 14.6 Å². The number of nitrogens with zero attached hydrogens (tertiary/aromatic N) is 3. The van der Waals surface area contributed by atoms with E-state index < -0.39 is 16.0 Å². The molecule has 1 aromatic carbocycles. The number of aryl methyl sites for hydroxylation is 1. The van der Waals surface area contributed by atoms with E-state index in [1.54, 1.807) is 10.7 Å². The number of amides is 1. The molecule has 1 spiro atoms. The zero-order valence-electron chi connectivity index (χ0n) is 22.1. The monoisotopic (exact) mass is 544 g/mol. The van der Waals surface area contributed by atoms with Crippen LogP contribution in [0.3, 0.4) is 0 Å². The molecule has 1 N–H and O–H groups in total. The van der Waals surface area contributed by atoms with Gasteiger partial charge in [-0.05, 0) is 68.6 Å². The van der Waals surface area contributed by atoms with Gasteiger partial charge < -0.3 is 14.8 Å². The van der Waals surface area contributed by atoms with E-state index in [1.807, 2.05) is 13.8 Å². The smallest absolute Gasteiger partial charge is 0.338 e. The van der Waals surface area contributed by atoms with Gasteiger partial charge in [-0.3, -0.25) is 4.79 Å². The maximum absolute atomic E-state index is 13.8. The summed E-state index contributed by atoms with van der Waals surface area (Å²) in [6.07, 6.45) is 4.89. The summed E-state index contributed by atoms with van der Waals surface area (Å²) in [5, 5.41) is 7.90. The third-order valence-electron chi connectivity index (χ3n) is 7.88. The van der Waals surface area contributed by atoms with E-state index in [9.17, 15) is 18.0 Å². The van der Waals surface area contributed by atoms with Crippen LogP contribution in [0.4, 0.5) is 0 Å². The maximum atomic E-state index is 13.8. The highest BCUT2D eigenvalue weighted by molar-refractivity contribution is 7.89. The summed E-state index contributed by atoms with van der Waals surface area (Å²) in [4.78, 5) is 26.2. The van der Waals surface area contributed by atoms with Gasteiger partial charge in [0.25, 0.3) is 5.91 Å². The zero-order valence-corrected chi connectivity index (χ0v) is 22.9. The second-order valence-corrected chi connectivity index (χ2v) is 12.3. The van der Waals surface area contributed by atoms with Crippen molar-refractivity contribution in [1.29, 1.82) is 0 Å². The first-order valence-electron chi connectivity index (χ1n) is 13.6. The number of esters is 1. The van der Waals surface area contributed by atoms with Crippen molar-refractivity contribution in [3.63, 3.8) is 0 Å². The lowest BCUT2D eigenvalue weighted by Gasteiger charge is -2.36. The predicted molar refractivity (Wildman–Crippen MR) is 140 cm³/mol. The zero-order chi connectivity index (χ0) is 26.9. The molecule has 206 valence electrons. The summed E-state index contributed by atoms with van der Waals surface area (Å²) in [5.41, 5.74) is 2.08. The molecule has 0 bridgehead atoms. The van der Waals surface area contributed by atoms with Gasteiger partial charge in [-0.1, -0.05) is 13.8 Å². The molecule has 2 saturated heterocycles. The third-order valence-corrected chi connectivity index (χ3v) is 9.82. The Hall–Kier alpha value is -2.76. The molecule has 10 nitrogen and oxygen atoms in total. The fourth-order valence-electron chi connectivity index (χ4n) is 5.68. The van der Waals surface area contributed by atoms with Crippen molar-refractivity contribution in [1.82, 2.24) is 19.4 Å². The van der Waals surface area contributed by atoms with Crippen molar-refractivity contribution >= 4 is 21.9 Å². The van der Waals surface area contributed by atoms with Gasteiger partial charge in [0.05, 0.1) is 34.8 Å². The highest BCUT2D eigenvalue weighted by atomic mass is 32.2. The number of ether oxygens (including phenoxy) is 2. The summed E-state index contributed by atoms with van der Waals surface area (Å²) in [7, 11) is -3.86. The van der Waals surface area contributed by atoms with Crippen molar-refractivity contribution in [2.45, 2.75) is 63.7 Å². The van der Waals surface area contributed by atoms with Crippen LogP contribution < -0.4 is 5.32 Å². The molecule has 3 aliphatic rings. The molecule has 11 heteroatoms. The summed E-state index contributed by atoms with van der Waals surface area (Å²) in [6, 6.07) is 4.53. The quantitative estimate of drug-likeness (QED) is 0.532. The minimum absolute atomic E-state index is 0.0741. The summed E-state index contributed by atoms with van der Waals surface area (Å²) in [5.74, 6) is -0.722. The SMILES string of the molecule is CCCOC(=O)c1ccc(S(=O)(=O)N2CCCC2)c(-n2nc(CC)c3c2CC2(CCOCC2)CNC3=O)c1. The number of hydrogen-bond acceptors (Lipinski definition) is 7. The number of rotatable bonds is 7. The number of hydrogen-bond donors (Lipinski definition) is 1. The fourth-order valence-corrected chi connectivity index (χ4v) is 7.35. The molecule has 38 heavy (non-hydrogen) atoms. The van der Waals surface area contributed by atoms with Gasteiger partial charge in [0.2, 0.25) is 10.0 Å². The predicted octanol–water partition coefficient (Wildman–Crippen LogP) is 2.87. The number of carbonyl (C=O) groups is 2. The van der Waals surface area contributed by atoms with E-state index in [0.29, 0.717) is 69.1 Å². The van der Waals surface area contributed by atoms with Crippen LogP contribution in [0.5, 0.6) is 0 Å². The van der Waals surface area contributed by atoms with Crippen LogP contribution in [0.1, 0.15) is 78.1 Å². The number of sulfonamides is 1. The van der Waals surface area contributed by atoms with E-state index in [1.165, 1.54) is 16.4 Å². The molecule has 0 saturated carbocycles. The van der Waals surface area contributed by atoms with Gasteiger partial charge in [-0.15, -0.1) is 0 Å². The Kier molecular flexibility index (Phi) is 7.61. The Bertz CT molecular complexity index is 1320. The van der Waals surface area contributed by atoms with Crippen molar-refractivity contribution in [2.24, 2.45) is 5.41 Å². The van der Waals surface area contributed by atoms with Gasteiger partial charge in [0.1, 0.15) is 4.90 Å². The topological polar surface area (TPSA) is 120 Å². The Labute approximate surface area is 223 Å². The molecule has 0 atom stereocenters. The minimum atomic E-state index is -3.86. The number of carbonyl (C=O) groups excluding carboxylic acids is 2. The van der Waals surface area contributed by atoms with Gasteiger partial charge in [0, 0.05) is 32.8 Å². The molecular weight excluding hydrogens is 508 g/mol. The average Bonchev–Trinajstić information content (AvgIpc) is 3.57. The van der Waals surface area contributed by atoms with Crippen LogP contribution in [0, 0.1) is 5.41 Å². The molecule has 0 aliphatic carbocycles. The van der Waals surface area contributed by atoms with E-state index in [-0.39, 0.29) is 34.1 Å². The lowest BCUT2D eigenvalue weighted by atomic mass is 9.76. The third kappa shape index (κ3) is 4.87. The molecule has 5 rings (SSSR count). The van der Waals surface area contributed by atoms with Crippen LogP contribution in [0.15, 0.2) is 23.1 Å². The van der Waals surface area contributed by atoms with Gasteiger partial charge >= 0.3 is 5.97 Å². The Balaban J connectivity index is 1.71. The molecular formula is C27H36N4O6S. The molecule has 0 unspecified atom stereocenters. The van der Waals surface area contributed by atoms with E-state index in [0.717, 1.165) is 25.7 Å². The first-order chi connectivity index (χ1) is 18.3. The molecule has 1 aromatic heterocycles. The second kappa shape index (κ2) is 10.8. The second-order valence-electron chi connectivity index (χ2n) is 10.4. The van der Waals surface area contributed by atoms with E-state index in [2.05, 4.69) is 5.32 Å². The Morgan fingerprint density at radius 1 is 1.18 bits per heavy atom. The summed E-state index contributed by atoms with van der Waals surface area (Å²) in [6.45, 7) is 6.73. The number of fused-ring (bicyclic) bond motifs is 1. The fraction of sp³-hybridized carbons (Fsp3) is 0.593. The van der Waals surface area contributed by atoms with Gasteiger partial charge in [-0.25, -0.2) is 17.9 Å². The van der Waals surface area contributed by atoms with E-state index >= 15 is 0 Å². The van der Waals surface area contributed by atoms with Gasteiger partial charge in [0.15, 0.2) is 0 Å². The van der Waals surface area contributed by atoms with Gasteiger partial charge in [-0.2, -0.15) is 9.40 Å². The number of benzene rings is 1. The molecule has 3 aliphatic heterocycles. The highest BCUT2D eigenvalue weighted by Gasteiger charge is 2.41. The lowest BCUT2D eigenvalue weighted by molar-refractivity contribution is 0.0154. The Morgan fingerprint density at radius 3 is 2.61 bits per heavy atom. The van der Waals surface area contributed by atoms with Crippen molar-refractivity contribution in [3.8, 4) is 5.69 Å². The molecule has 1 amide bonds. The minimum Gasteiger partial charge on any atom is -0.462 e. The summed E-state index contributed by atoms with van der Waals surface area (Å²) >= 11 is 0. The average molecular weight is 545 g/mol. The molecule has 2 fully saturated rings. The number of aromatic nitrogens is 2. The normalized spacial score (nSPS) is 19.7. The van der Waals surface area contributed by atoms with Crippen LogP contribution in [-0.2, 0) is 32.3 Å². The molecule has 2 aromatic rings. The standard InChI is InChI=1S/C27H36N4O6S/c1-3-13-37-26(33)19-7-8-23(38(34,35)30-11-5-6-12-30)21(16-19)31-22-17-27(9-14-36-15-10-27)18-28-25(32)24(22)20(4-2)29-31/h7-8,16H,3-6,9-15,17-18H2,1-2H3,(H,28,32). The van der Waals surface area contributed by atoms with Crippen molar-refractivity contribution in [3.05, 3.63) is 40.7 Å². The summed E-state index contributed by atoms with van der Waals surface area (Å²) < 4.78 is 41.7. The van der Waals surface area contributed by atoms with Crippen LogP contribution >= 0.6 is 0 Å². The first kappa shape index (κ1) is 26.8. The Morgan fingerprint density at radius 2 is 1.92 bits per heavy atom. The molecule has 4 heterocycles. The lowest BCUT2D eigenvalue weighted by Crippen LogP contribution is -2.40. The van der Waals surface area contributed by atoms with Crippen molar-refractivity contribution < 1.29 is 27.5 Å².